The first-order chi connectivity index (χ1) is 22.4. The van der Waals surface area contributed by atoms with Gasteiger partial charge in [0.1, 0.15) is 16.9 Å². The molecule has 0 N–H and O–H groups in total. The molecule has 1 aliphatic heterocycles. The molecule has 0 bridgehead atoms. The first-order valence-electron chi connectivity index (χ1n) is 15.7. The Balaban J connectivity index is 0.00000182. The molecule has 0 unspecified atom stereocenters. The zero-order valence-electron chi connectivity index (χ0n) is 27.1. The van der Waals surface area contributed by atoms with Crippen LogP contribution in [0.5, 0.6) is 0 Å². The molecule has 1 aliphatic rings. The third kappa shape index (κ3) is 5.68. The molecule has 3 nitrogen and oxygen atoms in total. The van der Waals surface area contributed by atoms with E-state index in [2.05, 4.69) is 93.7 Å². The number of rotatable bonds is 5. The van der Waals surface area contributed by atoms with E-state index >= 15 is 0 Å². The predicted octanol–water partition coefficient (Wildman–Crippen LogP) is 13.0. The second-order valence-electron chi connectivity index (χ2n) is 11.3. The number of ether oxygens (including phenoxy) is 1. The van der Waals surface area contributed by atoms with E-state index in [0.717, 1.165) is 94.2 Å². The van der Waals surface area contributed by atoms with Crippen LogP contribution in [0, 0.1) is 0 Å². The molecule has 0 saturated heterocycles. The number of allylic oxidation sites excluding steroid dienone is 10. The van der Waals surface area contributed by atoms with Gasteiger partial charge in [-0.1, -0.05) is 93.8 Å². The van der Waals surface area contributed by atoms with Gasteiger partial charge in [0.15, 0.2) is 11.2 Å². The summed E-state index contributed by atoms with van der Waals surface area (Å²) in [5, 5.41) is 4.30. The lowest BCUT2D eigenvalue weighted by molar-refractivity contribution is 0.363. The summed E-state index contributed by atoms with van der Waals surface area (Å²) in [6.07, 6.45) is 11.6. The summed E-state index contributed by atoms with van der Waals surface area (Å²) in [5.74, 6) is 0.772. The Hall–Kier alpha value is -5.54. The van der Waals surface area contributed by atoms with E-state index in [9.17, 15) is 0 Å². The van der Waals surface area contributed by atoms with Crippen LogP contribution in [0.3, 0.4) is 0 Å². The molecule has 2 aromatic heterocycles. The first-order valence-corrected chi connectivity index (χ1v) is 15.7. The minimum atomic E-state index is 0.772. The maximum Gasteiger partial charge on any atom is 0.178 e. The minimum absolute atomic E-state index is 0.772. The van der Waals surface area contributed by atoms with Crippen LogP contribution in [-0.2, 0) is 4.74 Å². The van der Waals surface area contributed by atoms with E-state index in [0.29, 0.717) is 0 Å². The standard InChI is InChI=1S/C41H32O3.C2H6/c1-25-10-8-9-21-42-39(29(25)5)23-27(3)26(2)22-28(4)30-13-15-31(16-14-30)32-17-20-38-36(24-32)35-19-18-34-33-11-6-7-12-37(33)43-40(34)41(35)44-38;1-2/h6-24H,1-2H2,3-5H3;1-2H3/b10-8-,21-9-,27-23+,28-22+,39-29-;. The highest BCUT2D eigenvalue weighted by Crippen LogP contribution is 2.39. The number of hydrogen-bond donors (Lipinski definition) is 0. The fraction of sp³-hybridized carbons (Fsp3) is 0.116. The van der Waals surface area contributed by atoms with Crippen molar-refractivity contribution in [2.45, 2.75) is 34.6 Å². The first kappa shape index (κ1) is 30.5. The number of furan rings is 2. The summed E-state index contributed by atoms with van der Waals surface area (Å²) in [6.45, 7) is 18.6. The van der Waals surface area contributed by atoms with E-state index in [1.54, 1.807) is 6.26 Å². The van der Waals surface area contributed by atoms with Crippen molar-refractivity contribution in [3.63, 3.8) is 0 Å². The second kappa shape index (κ2) is 12.8. The number of fused-ring (bicyclic) bond motifs is 7. The molecule has 6 aromatic rings. The largest absolute Gasteiger partial charge is 0.465 e. The molecule has 0 atom stereocenters. The van der Waals surface area contributed by atoms with Crippen molar-refractivity contribution >= 4 is 49.5 Å². The highest BCUT2D eigenvalue weighted by Gasteiger charge is 2.16. The van der Waals surface area contributed by atoms with Crippen molar-refractivity contribution in [2.24, 2.45) is 0 Å². The lowest BCUT2D eigenvalue weighted by Gasteiger charge is -2.12. The van der Waals surface area contributed by atoms with Gasteiger partial charge in [-0.2, -0.15) is 0 Å². The van der Waals surface area contributed by atoms with Crippen molar-refractivity contribution in [1.82, 2.24) is 0 Å². The van der Waals surface area contributed by atoms with Crippen LogP contribution < -0.4 is 0 Å². The molecule has 0 fully saturated rings. The lowest BCUT2D eigenvalue weighted by Crippen LogP contribution is -1.94. The Morgan fingerprint density at radius 2 is 1.37 bits per heavy atom. The monoisotopic (exact) mass is 602 g/mol. The molecule has 3 heterocycles. The highest BCUT2D eigenvalue weighted by molar-refractivity contribution is 6.19. The van der Waals surface area contributed by atoms with Gasteiger partial charge in [0.05, 0.1) is 6.26 Å². The topological polar surface area (TPSA) is 35.5 Å². The zero-order valence-corrected chi connectivity index (χ0v) is 27.1. The van der Waals surface area contributed by atoms with Crippen molar-refractivity contribution in [3.05, 3.63) is 162 Å². The van der Waals surface area contributed by atoms with Crippen LogP contribution in [0.25, 0.3) is 60.6 Å². The Labute approximate surface area is 270 Å². The van der Waals surface area contributed by atoms with Gasteiger partial charge < -0.3 is 13.6 Å². The van der Waals surface area contributed by atoms with Gasteiger partial charge in [-0.3, -0.25) is 0 Å². The van der Waals surface area contributed by atoms with Gasteiger partial charge in [-0.15, -0.1) is 0 Å². The minimum Gasteiger partial charge on any atom is -0.465 e. The molecule has 4 aromatic carbocycles. The zero-order chi connectivity index (χ0) is 32.4. The smallest absolute Gasteiger partial charge is 0.178 e. The number of benzene rings is 4. The Morgan fingerprint density at radius 1 is 0.717 bits per heavy atom. The Morgan fingerprint density at radius 3 is 2.11 bits per heavy atom. The van der Waals surface area contributed by atoms with Crippen LogP contribution in [0.15, 0.2) is 166 Å². The van der Waals surface area contributed by atoms with Crippen molar-refractivity contribution < 1.29 is 13.6 Å². The second-order valence-corrected chi connectivity index (χ2v) is 11.3. The average Bonchev–Trinajstić information content (AvgIpc) is 3.65. The molecule has 0 saturated carbocycles. The summed E-state index contributed by atoms with van der Waals surface area (Å²) < 4.78 is 18.4. The third-order valence-electron chi connectivity index (χ3n) is 8.43. The molecular formula is C43H38O3. The molecule has 0 spiro atoms. The van der Waals surface area contributed by atoms with Crippen molar-refractivity contribution in [1.29, 1.82) is 0 Å². The van der Waals surface area contributed by atoms with Crippen LogP contribution in [0.1, 0.15) is 40.2 Å². The van der Waals surface area contributed by atoms with Gasteiger partial charge in [0, 0.05) is 21.5 Å². The van der Waals surface area contributed by atoms with E-state index in [-0.39, 0.29) is 0 Å². The fourth-order valence-electron chi connectivity index (χ4n) is 5.71. The van der Waals surface area contributed by atoms with Gasteiger partial charge in [0.2, 0.25) is 0 Å². The molecular weight excluding hydrogens is 564 g/mol. The van der Waals surface area contributed by atoms with Crippen LogP contribution >= 0.6 is 0 Å². The SMILES string of the molecule is C=C1/C=C\C=C/OC(/C=C(\C)C(=C)/C=C(\C)c2ccc(-c3ccc4oc5c(ccc6c7ccccc7oc65)c4c3)cc2)=C\1C.CC. The molecule has 0 radical (unpaired) electrons. The quantitative estimate of drug-likeness (QED) is 0.184. The maximum absolute atomic E-state index is 6.33. The predicted molar refractivity (Wildman–Crippen MR) is 196 cm³/mol. The Kier molecular flexibility index (Phi) is 8.50. The summed E-state index contributed by atoms with van der Waals surface area (Å²) >= 11 is 0. The van der Waals surface area contributed by atoms with Gasteiger partial charge in [-0.05, 0) is 108 Å². The van der Waals surface area contributed by atoms with Crippen molar-refractivity contribution in [2.75, 3.05) is 0 Å². The van der Waals surface area contributed by atoms with Gasteiger partial charge in [-0.25, -0.2) is 0 Å². The summed E-state index contributed by atoms with van der Waals surface area (Å²) in [4.78, 5) is 0. The molecule has 228 valence electrons. The van der Waals surface area contributed by atoms with Crippen molar-refractivity contribution in [3.8, 4) is 11.1 Å². The van der Waals surface area contributed by atoms with E-state index in [1.165, 1.54) is 0 Å². The summed E-state index contributed by atoms with van der Waals surface area (Å²) in [6, 6.07) is 27.4. The van der Waals surface area contributed by atoms with Crippen LogP contribution in [0.4, 0.5) is 0 Å². The number of hydrogen-bond acceptors (Lipinski definition) is 3. The van der Waals surface area contributed by atoms with E-state index in [4.69, 9.17) is 13.6 Å². The lowest BCUT2D eigenvalue weighted by atomic mass is 9.97. The molecule has 7 rings (SSSR count). The van der Waals surface area contributed by atoms with E-state index < -0.39 is 0 Å². The normalized spacial score (nSPS) is 17.0. The average molecular weight is 603 g/mol. The van der Waals surface area contributed by atoms with Gasteiger partial charge >= 0.3 is 0 Å². The summed E-state index contributed by atoms with van der Waals surface area (Å²) in [5.41, 5.74) is 11.7. The third-order valence-corrected chi connectivity index (χ3v) is 8.43. The Bertz CT molecular complexity index is 2290. The van der Waals surface area contributed by atoms with Crippen LogP contribution in [-0.4, -0.2) is 0 Å². The van der Waals surface area contributed by atoms with Gasteiger partial charge in [0.25, 0.3) is 0 Å². The molecule has 3 heteroatoms. The maximum atomic E-state index is 6.33. The summed E-state index contributed by atoms with van der Waals surface area (Å²) in [7, 11) is 0. The molecule has 46 heavy (non-hydrogen) atoms. The molecule has 0 amide bonds. The molecule has 0 aliphatic carbocycles. The van der Waals surface area contributed by atoms with Crippen LogP contribution in [0.2, 0.25) is 0 Å². The fourth-order valence-corrected chi connectivity index (χ4v) is 5.71. The highest BCUT2D eigenvalue weighted by atomic mass is 16.5. The van der Waals surface area contributed by atoms with E-state index in [1.807, 2.05) is 63.3 Å². The number of para-hydroxylation sites is 1.